The van der Waals surface area contributed by atoms with Crippen molar-refractivity contribution in [1.82, 2.24) is 4.90 Å². The summed E-state index contributed by atoms with van der Waals surface area (Å²) in [6.07, 6.45) is 4.35. The summed E-state index contributed by atoms with van der Waals surface area (Å²) in [4.78, 5) is 5.50. The Balaban J connectivity index is 1.74. The van der Waals surface area contributed by atoms with E-state index >= 15 is 0 Å². The van der Waals surface area contributed by atoms with E-state index in [1.54, 1.807) is 0 Å². The van der Waals surface area contributed by atoms with E-state index < -0.39 is 0 Å². The van der Waals surface area contributed by atoms with E-state index in [2.05, 4.69) is 24.0 Å². The smallest absolute Gasteiger partial charge is 0.0564 e. The lowest BCUT2D eigenvalue weighted by Crippen LogP contribution is -2.32. The Hall–Kier alpha value is -0.380. The Morgan fingerprint density at radius 1 is 1.35 bits per heavy atom. The molecule has 0 spiro atoms. The lowest BCUT2D eigenvalue weighted by atomic mass is 10.0. The second-order valence-electron chi connectivity index (χ2n) is 5.60. The van der Waals surface area contributed by atoms with Crippen LogP contribution >= 0.6 is 11.3 Å². The van der Waals surface area contributed by atoms with Crippen molar-refractivity contribution in [3.05, 3.63) is 21.9 Å². The summed E-state index contributed by atoms with van der Waals surface area (Å²) in [5.74, 6) is 1.93. The van der Waals surface area contributed by atoms with Crippen LogP contribution in [0.2, 0.25) is 0 Å². The second-order valence-corrected chi connectivity index (χ2v) is 6.92. The van der Waals surface area contributed by atoms with Crippen LogP contribution in [0.5, 0.6) is 0 Å². The second kappa shape index (κ2) is 4.71. The lowest BCUT2D eigenvalue weighted by Gasteiger charge is -2.26. The molecule has 94 valence electrons. The van der Waals surface area contributed by atoms with E-state index in [4.69, 9.17) is 5.73 Å². The van der Waals surface area contributed by atoms with Gasteiger partial charge in [-0.25, -0.2) is 0 Å². The van der Waals surface area contributed by atoms with Crippen molar-refractivity contribution < 1.29 is 0 Å². The average molecular weight is 250 g/mol. The number of hydrogen-bond acceptors (Lipinski definition) is 3. The van der Waals surface area contributed by atoms with Gasteiger partial charge in [-0.1, -0.05) is 6.42 Å². The molecular formula is C14H22N2S. The zero-order valence-electron chi connectivity index (χ0n) is 10.6. The number of nitrogens with zero attached hydrogens (tertiary/aromatic N) is 1. The molecule has 0 bridgehead atoms. The third kappa shape index (κ3) is 2.16. The van der Waals surface area contributed by atoms with Gasteiger partial charge in [0, 0.05) is 29.4 Å². The molecule has 1 saturated carbocycles. The van der Waals surface area contributed by atoms with E-state index in [-0.39, 0.29) is 0 Å². The molecule has 2 fully saturated rings. The van der Waals surface area contributed by atoms with E-state index in [1.165, 1.54) is 42.1 Å². The van der Waals surface area contributed by atoms with Crippen LogP contribution < -0.4 is 5.73 Å². The van der Waals surface area contributed by atoms with Crippen LogP contribution in [0.3, 0.4) is 0 Å². The lowest BCUT2D eigenvalue weighted by molar-refractivity contribution is 0.235. The Morgan fingerprint density at radius 2 is 2.06 bits per heavy atom. The predicted octanol–water partition coefficient (Wildman–Crippen LogP) is 2.79. The van der Waals surface area contributed by atoms with Gasteiger partial charge < -0.3 is 5.73 Å². The largest absolute Gasteiger partial charge is 0.329 e. The quantitative estimate of drug-likeness (QED) is 0.894. The maximum Gasteiger partial charge on any atom is 0.0564 e. The van der Waals surface area contributed by atoms with Crippen LogP contribution in [0.15, 0.2) is 12.1 Å². The molecule has 2 aliphatic rings. The van der Waals surface area contributed by atoms with Gasteiger partial charge in [0.2, 0.25) is 0 Å². The number of nitrogens with two attached hydrogens (primary N) is 1. The van der Waals surface area contributed by atoms with Gasteiger partial charge >= 0.3 is 0 Å². The minimum Gasteiger partial charge on any atom is -0.329 e. The van der Waals surface area contributed by atoms with Gasteiger partial charge in [0.25, 0.3) is 0 Å². The normalized spacial score (nSPS) is 30.7. The standard InChI is InChI=1S/C14H22N2S/c1-10-5-6-14(17-10)13(7-15)16-8-11-3-2-4-12(11)9-16/h5-6,11-13H,2-4,7-9,15H2,1H3. The number of likely N-dealkylation sites (tertiary alicyclic amines) is 1. The minimum absolute atomic E-state index is 0.472. The number of thiophene rings is 1. The summed E-state index contributed by atoms with van der Waals surface area (Å²) in [5, 5.41) is 0. The summed E-state index contributed by atoms with van der Waals surface area (Å²) in [6.45, 7) is 5.51. The van der Waals surface area contributed by atoms with Crippen molar-refractivity contribution in [3.8, 4) is 0 Å². The molecular weight excluding hydrogens is 228 g/mol. The van der Waals surface area contributed by atoms with Gasteiger partial charge in [-0.3, -0.25) is 4.90 Å². The third-order valence-corrected chi connectivity index (χ3v) is 5.61. The zero-order valence-corrected chi connectivity index (χ0v) is 11.4. The molecule has 0 radical (unpaired) electrons. The molecule has 3 rings (SSSR count). The zero-order chi connectivity index (χ0) is 11.8. The van der Waals surface area contributed by atoms with Crippen LogP contribution in [0.4, 0.5) is 0 Å². The highest BCUT2D eigenvalue weighted by Gasteiger charge is 2.38. The summed E-state index contributed by atoms with van der Waals surface area (Å²) >= 11 is 1.91. The molecule has 2 heterocycles. The number of fused-ring (bicyclic) bond motifs is 1. The molecule has 1 aliphatic heterocycles. The molecule has 0 aromatic carbocycles. The number of rotatable bonds is 3. The Labute approximate surface area is 108 Å². The summed E-state index contributed by atoms with van der Waals surface area (Å²) in [5.41, 5.74) is 6.01. The first-order chi connectivity index (χ1) is 8.28. The van der Waals surface area contributed by atoms with Crippen LogP contribution in [0.25, 0.3) is 0 Å². The van der Waals surface area contributed by atoms with Gasteiger partial charge in [-0.15, -0.1) is 11.3 Å². The molecule has 17 heavy (non-hydrogen) atoms. The average Bonchev–Trinajstić information content (AvgIpc) is 2.95. The summed E-state index contributed by atoms with van der Waals surface area (Å²) in [7, 11) is 0. The van der Waals surface area contributed by atoms with Gasteiger partial charge in [-0.2, -0.15) is 0 Å². The molecule has 3 heteroatoms. The molecule has 1 aromatic heterocycles. The molecule has 1 aliphatic carbocycles. The van der Waals surface area contributed by atoms with Gasteiger partial charge in [-0.05, 0) is 43.7 Å². The number of hydrogen-bond donors (Lipinski definition) is 1. The topological polar surface area (TPSA) is 29.3 Å². The Bertz CT molecular complexity index is 375. The van der Waals surface area contributed by atoms with Crippen LogP contribution in [-0.4, -0.2) is 24.5 Å². The minimum atomic E-state index is 0.472. The molecule has 2 N–H and O–H groups in total. The molecule has 0 amide bonds. The Morgan fingerprint density at radius 3 is 2.59 bits per heavy atom. The first-order valence-electron chi connectivity index (χ1n) is 6.78. The van der Waals surface area contributed by atoms with Gasteiger partial charge in [0.15, 0.2) is 0 Å². The van der Waals surface area contributed by atoms with E-state index in [0.717, 1.165) is 18.4 Å². The van der Waals surface area contributed by atoms with Crippen molar-refractivity contribution in [2.24, 2.45) is 17.6 Å². The van der Waals surface area contributed by atoms with Crippen LogP contribution in [0.1, 0.15) is 35.1 Å². The SMILES string of the molecule is Cc1ccc(C(CN)N2CC3CCCC3C2)s1. The van der Waals surface area contributed by atoms with E-state index in [1.807, 2.05) is 11.3 Å². The van der Waals surface area contributed by atoms with Crippen molar-refractivity contribution in [1.29, 1.82) is 0 Å². The third-order valence-electron chi connectivity index (χ3n) is 4.51. The van der Waals surface area contributed by atoms with Gasteiger partial charge in [0.05, 0.1) is 6.04 Å². The van der Waals surface area contributed by atoms with E-state index in [0.29, 0.717) is 6.04 Å². The first kappa shape index (κ1) is 11.7. The molecule has 3 unspecified atom stereocenters. The maximum atomic E-state index is 6.01. The molecule has 3 atom stereocenters. The first-order valence-corrected chi connectivity index (χ1v) is 7.60. The monoisotopic (exact) mass is 250 g/mol. The fraction of sp³-hybridized carbons (Fsp3) is 0.714. The fourth-order valence-corrected chi connectivity index (χ4v) is 4.63. The molecule has 2 nitrogen and oxygen atoms in total. The highest BCUT2D eigenvalue weighted by atomic mass is 32.1. The molecule has 1 aromatic rings. The van der Waals surface area contributed by atoms with E-state index in [9.17, 15) is 0 Å². The highest BCUT2D eigenvalue weighted by molar-refractivity contribution is 7.12. The maximum absolute atomic E-state index is 6.01. The van der Waals surface area contributed by atoms with Crippen LogP contribution in [0, 0.1) is 18.8 Å². The fourth-order valence-electron chi connectivity index (χ4n) is 3.60. The molecule has 1 saturated heterocycles. The van der Waals surface area contributed by atoms with Crippen molar-refractivity contribution in [2.75, 3.05) is 19.6 Å². The van der Waals surface area contributed by atoms with Gasteiger partial charge in [0.1, 0.15) is 0 Å². The highest BCUT2D eigenvalue weighted by Crippen LogP contribution is 2.41. The Kier molecular flexibility index (Phi) is 3.24. The van der Waals surface area contributed by atoms with Crippen molar-refractivity contribution in [2.45, 2.75) is 32.2 Å². The summed E-state index contributed by atoms with van der Waals surface area (Å²) in [6, 6.07) is 4.96. The number of aryl methyl sites for hydroxylation is 1. The van der Waals surface area contributed by atoms with Crippen molar-refractivity contribution in [3.63, 3.8) is 0 Å². The van der Waals surface area contributed by atoms with Crippen molar-refractivity contribution >= 4 is 11.3 Å². The summed E-state index contributed by atoms with van der Waals surface area (Å²) < 4.78 is 0. The van der Waals surface area contributed by atoms with Crippen LogP contribution in [-0.2, 0) is 0 Å². The predicted molar refractivity (Wildman–Crippen MR) is 73.3 cm³/mol.